The molecule has 6 nitrogen and oxygen atoms in total. The van der Waals surface area contributed by atoms with Crippen molar-refractivity contribution >= 4 is 58.4 Å². The van der Waals surface area contributed by atoms with Crippen molar-refractivity contribution in [1.29, 1.82) is 0 Å². The van der Waals surface area contributed by atoms with Gasteiger partial charge < -0.3 is 15.1 Å². The first-order valence-corrected chi connectivity index (χ1v) is 9.92. The number of carbonyl (C=O) groups excluding carboxylic acids is 3. The standard InChI is InChI=1S/C17H19Cl2N3O3S/c1-17-7-6-14(24)22(17)12(9-26-17)16(25)21(2)8-13(23)20-15-10(18)4-3-5-11(15)19/h3-5,12H,6-9H2,1-2H3,(H,20,23)/t12-,17-/m0/s1. The molecule has 1 aromatic carbocycles. The Kier molecular flexibility index (Phi) is 5.42. The number of fused-ring (bicyclic) bond motifs is 1. The second kappa shape index (κ2) is 7.29. The van der Waals surface area contributed by atoms with Gasteiger partial charge in [-0.25, -0.2) is 0 Å². The summed E-state index contributed by atoms with van der Waals surface area (Å²) in [5, 5.41) is 3.28. The fourth-order valence-electron chi connectivity index (χ4n) is 3.35. The van der Waals surface area contributed by atoms with Crippen LogP contribution in [0.2, 0.25) is 10.0 Å². The van der Waals surface area contributed by atoms with Gasteiger partial charge in [-0.3, -0.25) is 14.4 Å². The van der Waals surface area contributed by atoms with Gasteiger partial charge in [0.15, 0.2) is 0 Å². The van der Waals surface area contributed by atoms with E-state index in [0.29, 0.717) is 27.9 Å². The molecule has 1 N–H and O–H groups in total. The Morgan fingerprint density at radius 2 is 2.04 bits per heavy atom. The number of amides is 3. The third-order valence-corrected chi connectivity index (χ3v) is 6.85. The number of thioether (sulfide) groups is 1. The topological polar surface area (TPSA) is 69.7 Å². The van der Waals surface area contributed by atoms with E-state index in [2.05, 4.69) is 5.32 Å². The van der Waals surface area contributed by atoms with Crippen molar-refractivity contribution in [3.63, 3.8) is 0 Å². The minimum atomic E-state index is -0.526. The van der Waals surface area contributed by atoms with Crippen LogP contribution in [0.1, 0.15) is 19.8 Å². The summed E-state index contributed by atoms with van der Waals surface area (Å²) < 4.78 is 0. The van der Waals surface area contributed by atoms with E-state index in [-0.39, 0.29) is 23.2 Å². The molecule has 0 unspecified atom stereocenters. The maximum atomic E-state index is 12.8. The molecule has 2 fully saturated rings. The summed E-state index contributed by atoms with van der Waals surface area (Å²) in [6.45, 7) is 1.84. The molecule has 2 heterocycles. The summed E-state index contributed by atoms with van der Waals surface area (Å²) in [6, 6.07) is 4.39. The molecule has 0 aromatic heterocycles. The summed E-state index contributed by atoms with van der Waals surface area (Å²) in [5.41, 5.74) is 0.320. The van der Waals surface area contributed by atoms with Crippen molar-refractivity contribution < 1.29 is 14.4 Å². The lowest BCUT2D eigenvalue weighted by molar-refractivity contribution is -0.143. The van der Waals surface area contributed by atoms with Gasteiger partial charge >= 0.3 is 0 Å². The fourth-order valence-corrected chi connectivity index (χ4v) is 5.26. The Bertz CT molecular complexity index is 755. The van der Waals surface area contributed by atoms with Crippen molar-refractivity contribution in [3.05, 3.63) is 28.2 Å². The van der Waals surface area contributed by atoms with Crippen molar-refractivity contribution in [2.75, 3.05) is 24.7 Å². The van der Waals surface area contributed by atoms with Crippen LogP contribution in [-0.4, -0.2) is 57.8 Å². The zero-order valence-electron chi connectivity index (χ0n) is 14.4. The van der Waals surface area contributed by atoms with Gasteiger partial charge in [-0.15, -0.1) is 11.8 Å². The third kappa shape index (κ3) is 3.52. The van der Waals surface area contributed by atoms with Crippen LogP contribution in [0.25, 0.3) is 0 Å². The Morgan fingerprint density at radius 1 is 1.38 bits per heavy atom. The van der Waals surface area contributed by atoms with Gasteiger partial charge in [-0.1, -0.05) is 29.3 Å². The first-order valence-electron chi connectivity index (χ1n) is 8.18. The number of likely N-dealkylation sites (N-methyl/N-ethyl adjacent to an activating group) is 1. The molecule has 0 saturated carbocycles. The Labute approximate surface area is 166 Å². The average Bonchev–Trinajstić information content (AvgIpc) is 3.07. The second-order valence-electron chi connectivity index (χ2n) is 6.60. The van der Waals surface area contributed by atoms with Crippen LogP contribution in [0.15, 0.2) is 18.2 Å². The molecule has 0 spiro atoms. The van der Waals surface area contributed by atoms with Crippen molar-refractivity contribution in [3.8, 4) is 0 Å². The largest absolute Gasteiger partial charge is 0.335 e. The maximum Gasteiger partial charge on any atom is 0.246 e. The average molecular weight is 416 g/mol. The highest BCUT2D eigenvalue weighted by atomic mass is 35.5. The molecule has 2 atom stereocenters. The van der Waals surface area contributed by atoms with Gasteiger partial charge in [-0.2, -0.15) is 0 Å². The molecule has 0 aliphatic carbocycles. The molecular weight excluding hydrogens is 397 g/mol. The monoisotopic (exact) mass is 415 g/mol. The lowest BCUT2D eigenvalue weighted by Crippen LogP contribution is -2.51. The number of nitrogens with one attached hydrogen (secondary N) is 1. The van der Waals surface area contributed by atoms with E-state index in [4.69, 9.17) is 23.2 Å². The maximum absolute atomic E-state index is 12.8. The number of anilines is 1. The molecule has 3 rings (SSSR count). The number of rotatable bonds is 4. The number of hydrogen-bond acceptors (Lipinski definition) is 4. The Hall–Kier alpha value is -1.44. The highest BCUT2D eigenvalue weighted by molar-refractivity contribution is 8.01. The quantitative estimate of drug-likeness (QED) is 0.820. The molecule has 1 aromatic rings. The van der Waals surface area contributed by atoms with Crippen LogP contribution in [0.3, 0.4) is 0 Å². The zero-order valence-corrected chi connectivity index (χ0v) is 16.7. The fraction of sp³-hybridized carbons (Fsp3) is 0.471. The zero-order chi connectivity index (χ0) is 19.1. The number of halogens is 2. The Morgan fingerprint density at radius 3 is 2.69 bits per heavy atom. The van der Waals surface area contributed by atoms with Crippen LogP contribution >= 0.6 is 35.0 Å². The van der Waals surface area contributed by atoms with Gasteiger partial charge in [0.25, 0.3) is 0 Å². The molecule has 26 heavy (non-hydrogen) atoms. The molecule has 2 aliphatic heterocycles. The van der Waals surface area contributed by atoms with Crippen LogP contribution in [0.4, 0.5) is 5.69 Å². The molecule has 3 amide bonds. The molecule has 0 radical (unpaired) electrons. The summed E-state index contributed by atoms with van der Waals surface area (Å²) >= 11 is 13.7. The van der Waals surface area contributed by atoms with Gasteiger partial charge in [0.1, 0.15) is 6.04 Å². The van der Waals surface area contributed by atoms with Crippen molar-refractivity contribution in [1.82, 2.24) is 9.80 Å². The normalized spacial score (nSPS) is 24.5. The predicted molar refractivity (Wildman–Crippen MR) is 103 cm³/mol. The second-order valence-corrected chi connectivity index (χ2v) is 8.92. The van der Waals surface area contributed by atoms with Gasteiger partial charge in [0.05, 0.1) is 27.1 Å². The van der Waals surface area contributed by atoms with Gasteiger partial charge in [0, 0.05) is 19.2 Å². The SMILES string of the molecule is CN(CC(=O)Nc1c(Cl)cccc1Cl)C(=O)[C@@H]1CS[C@@]2(C)CCC(=O)N12. The Balaban J connectivity index is 1.64. The van der Waals surface area contributed by atoms with Gasteiger partial charge in [0.2, 0.25) is 17.7 Å². The van der Waals surface area contributed by atoms with E-state index in [9.17, 15) is 14.4 Å². The lowest BCUT2D eigenvalue weighted by Gasteiger charge is -2.31. The lowest BCUT2D eigenvalue weighted by atomic mass is 10.2. The number of carbonyl (C=O) groups is 3. The third-order valence-electron chi connectivity index (χ3n) is 4.71. The summed E-state index contributed by atoms with van der Waals surface area (Å²) in [5.74, 6) is -0.103. The smallest absolute Gasteiger partial charge is 0.246 e. The van der Waals surface area contributed by atoms with E-state index in [1.807, 2.05) is 6.92 Å². The minimum Gasteiger partial charge on any atom is -0.335 e. The van der Waals surface area contributed by atoms with Crippen molar-refractivity contribution in [2.24, 2.45) is 0 Å². The molecule has 140 valence electrons. The van der Waals surface area contributed by atoms with E-state index >= 15 is 0 Å². The number of para-hydroxylation sites is 1. The number of benzene rings is 1. The van der Waals surface area contributed by atoms with E-state index < -0.39 is 11.9 Å². The van der Waals surface area contributed by atoms with E-state index in [1.54, 1.807) is 41.9 Å². The first kappa shape index (κ1) is 19.3. The minimum absolute atomic E-state index is 0.00319. The van der Waals surface area contributed by atoms with E-state index in [0.717, 1.165) is 6.42 Å². The molecule has 0 bridgehead atoms. The molecular formula is C17H19Cl2N3O3S. The summed E-state index contributed by atoms with van der Waals surface area (Å²) in [7, 11) is 1.55. The summed E-state index contributed by atoms with van der Waals surface area (Å²) in [4.78, 5) is 39.9. The number of hydrogen-bond donors (Lipinski definition) is 1. The first-order chi connectivity index (χ1) is 12.2. The van der Waals surface area contributed by atoms with Crippen LogP contribution in [-0.2, 0) is 14.4 Å². The van der Waals surface area contributed by atoms with Crippen LogP contribution in [0, 0.1) is 0 Å². The molecule has 9 heteroatoms. The van der Waals surface area contributed by atoms with Crippen molar-refractivity contribution in [2.45, 2.75) is 30.7 Å². The number of nitrogens with zero attached hydrogens (tertiary/aromatic N) is 2. The van der Waals surface area contributed by atoms with Gasteiger partial charge in [-0.05, 0) is 25.5 Å². The highest BCUT2D eigenvalue weighted by Crippen LogP contribution is 2.47. The predicted octanol–water partition coefficient (Wildman–Crippen LogP) is 2.84. The molecule has 2 aliphatic rings. The summed E-state index contributed by atoms with van der Waals surface area (Å²) in [6.07, 6.45) is 1.21. The van der Waals surface area contributed by atoms with Crippen LogP contribution in [0.5, 0.6) is 0 Å². The van der Waals surface area contributed by atoms with E-state index in [1.165, 1.54) is 4.90 Å². The highest BCUT2D eigenvalue weighted by Gasteiger charge is 2.53. The van der Waals surface area contributed by atoms with Crippen LogP contribution < -0.4 is 5.32 Å². The molecule has 2 saturated heterocycles.